The van der Waals surface area contributed by atoms with Gasteiger partial charge in [-0.2, -0.15) is 14.0 Å². The maximum Gasteiger partial charge on any atom is 0.328 e. The van der Waals surface area contributed by atoms with Crippen LogP contribution in [0.1, 0.15) is 13.8 Å². The third-order valence-corrected chi connectivity index (χ3v) is 4.28. The van der Waals surface area contributed by atoms with E-state index in [9.17, 15) is 15.0 Å². The number of carboxylic acid groups (broad SMARTS) is 1. The van der Waals surface area contributed by atoms with Crippen LogP contribution in [0.15, 0.2) is 57.9 Å². The van der Waals surface area contributed by atoms with Crippen LogP contribution in [0.25, 0.3) is 22.3 Å². The molecule has 1 aromatic heterocycles. The van der Waals surface area contributed by atoms with E-state index < -0.39 is 22.3 Å². The molecule has 0 aliphatic heterocycles. The maximum absolute atomic E-state index is 11.6. The van der Waals surface area contributed by atoms with Crippen molar-refractivity contribution in [3.05, 3.63) is 53.9 Å². The van der Waals surface area contributed by atoms with Gasteiger partial charge in [-0.05, 0) is 36.2 Å². The minimum atomic E-state index is -4.69. The number of para-hydroxylation sites is 1. The Morgan fingerprint density at radius 3 is 2.31 bits per heavy atom. The van der Waals surface area contributed by atoms with Crippen LogP contribution in [0, 0.1) is 16.2 Å². The van der Waals surface area contributed by atoms with Crippen molar-refractivity contribution in [2.75, 3.05) is 7.11 Å². The molecular weight excluding hydrogens is 446 g/mol. The van der Waals surface area contributed by atoms with Crippen LogP contribution in [0.3, 0.4) is 0 Å². The minimum absolute atomic E-state index is 0.0256. The number of hydrogen-bond acceptors (Lipinski definition) is 9. The third-order valence-electron chi connectivity index (χ3n) is 4.28. The highest BCUT2D eigenvalue weighted by Gasteiger charge is 2.20. The van der Waals surface area contributed by atoms with Crippen LogP contribution < -0.4 is 24.1 Å². The lowest BCUT2D eigenvalue weighted by Gasteiger charge is -2.12. The van der Waals surface area contributed by atoms with Crippen LogP contribution in [-0.2, 0) is 4.79 Å². The number of carboxylic acids is 1. The predicted molar refractivity (Wildman–Crippen MR) is 104 cm³/mol. The minimum Gasteiger partial charge on any atom is -0.504 e. The third kappa shape index (κ3) is 6.94. The zero-order valence-electron chi connectivity index (χ0n) is 17.4. The van der Waals surface area contributed by atoms with E-state index in [4.69, 9.17) is 27.8 Å². The maximum atomic E-state index is 11.6. The van der Waals surface area contributed by atoms with E-state index in [0.29, 0.717) is 28.0 Å². The van der Waals surface area contributed by atoms with Gasteiger partial charge in [-0.1, -0.05) is 26.0 Å². The Morgan fingerprint density at radius 1 is 1.12 bits per heavy atom. The molecule has 1 unspecified atom stereocenters. The topological polar surface area (TPSA) is 182 Å². The number of phenols is 1. The number of halogens is 1. The number of methoxy groups -OCH3 is 1. The molecule has 10 nitrogen and oxygen atoms in total. The van der Waals surface area contributed by atoms with Gasteiger partial charge < -0.3 is 19.4 Å². The summed E-state index contributed by atoms with van der Waals surface area (Å²) in [4.78, 5) is 16.1. The molecule has 0 fully saturated rings. The lowest BCUT2D eigenvalue weighted by atomic mass is 10.1. The predicted octanol–water partition coefficient (Wildman–Crippen LogP) is -0.300. The molecule has 1 atom stereocenters. The van der Waals surface area contributed by atoms with Gasteiger partial charge in [0, 0.05) is 17.0 Å². The molecule has 0 spiro atoms. The Balaban J connectivity index is 0.000000654. The molecule has 0 saturated carbocycles. The quantitative estimate of drug-likeness (QED) is 0.453. The fraction of sp³-hybridized carbons (Fsp3) is 0.238. The largest absolute Gasteiger partial charge is 0.504 e. The molecule has 11 heteroatoms. The lowest BCUT2D eigenvalue weighted by molar-refractivity contribution is -1.92. The first-order valence-electron chi connectivity index (χ1n) is 9.21. The summed E-state index contributed by atoms with van der Waals surface area (Å²) in [5, 5.41) is 20.6. The molecule has 3 aromatic rings. The molecule has 32 heavy (non-hydrogen) atoms. The molecular formula is C21H22ClNO9. The second-order valence-electron chi connectivity index (χ2n) is 6.93. The van der Waals surface area contributed by atoms with E-state index in [-0.39, 0.29) is 11.7 Å². The summed E-state index contributed by atoms with van der Waals surface area (Å²) in [7, 11) is -3.22. The van der Waals surface area contributed by atoms with E-state index in [1.165, 1.54) is 13.2 Å². The normalized spacial score (nSPS) is 12.9. The molecule has 0 bridgehead atoms. The van der Waals surface area contributed by atoms with E-state index in [0.717, 1.165) is 5.39 Å². The fourth-order valence-corrected chi connectivity index (χ4v) is 2.84. The number of nitrogens with zero attached hydrogens (tertiary/aromatic N) is 1. The van der Waals surface area contributed by atoms with Gasteiger partial charge in [-0.15, -0.1) is 0 Å². The summed E-state index contributed by atoms with van der Waals surface area (Å²) < 4.78 is 43.9. The zero-order chi connectivity index (χ0) is 24.1. The first-order chi connectivity index (χ1) is 14.9. The molecule has 3 N–H and O–H groups in total. The van der Waals surface area contributed by atoms with Gasteiger partial charge in [0.2, 0.25) is 0 Å². The van der Waals surface area contributed by atoms with Crippen LogP contribution in [0.4, 0.5) is 0 Å². The fourth-order valence-electron chi connectivity index (χ4n) is 2.84. The number of ether oxygens (including phenoxy) is 1. The van der Waals surface area contributed by atoms with Crippen molar-refractivity contribution in [1.29, 1.82) is 0 Å². The van der Waals surface area contributed by atoms with Gasteiger partial charge in [-0.25, -0.2) is 4.79 Å². The number of carbonyl (C=O) groups is 1. The summed E-state index contributed by atoms with van der Waals surface area (Å²) in [6.07, 6.45) is 0. The number of rotatable bonds is 5. The zero-order valence-corrected chi connectivity index (χ0v) is 18.1. The van der Waals surface area contributed by atoms with Gasteiger partial charge in [0.05, 0.1) is 27.4 Å². The molecule has 3 rings (SSSR count). The number of fused-ring (bicyclic) bond motifs is 1. The van der Waals surface area contributed by atoms with Crippen molar-refractivity contribution in [1.82, 2.24) is 0 Å². The van der Waals surface area contributed by atoms with Crippen molar-refractivity contribution in [3.63, 3.8) is 0 Å². The SMILES string of the molecule is COc1cc(-c2cc(=NC(C(=O)O)C(C)C)c3ccccc3o2)ccc1O.[O-][Cl+3]([O-])([O-])O. The number of aromatic hydroxyl groups is 1. The number of benzene rings is 2. The summed E-state index contributed by atoms with van der Waals surface area (Å²) >= 11 is 0. The Kier molecular flexibility index (Phi) is 8.19. The van der Waals surface area contributed by atoms with Crippen molar-refractivity contribution < 1.29 is 53.0 Å². The van der Waals surface area contributed by atoms with Crippen LogP contribution in [0.2, 0.25) is 0 Å². The number of phenolic OH excluding ortho intramolecular Hbond substituents is 1. The number of hydrogen-bond donors (Lipinski definition) is 3. The molecule has 2 aromatic carbocycles. The molecule has 0 saturated heterocycles. The van der Waals surface area contributed by atoms with Gasteiger partial charge in [-0.3, -0.25) is 4.99 Å². The summed E-state index contributed by atoms with van der Waals surface area (Å²) in [5.41, 5.74) is 1.27. The molecule has 172 valence electrons. The van der Waals surface area contributed by atoms with Gasteiger partial charge in [0.1, 0.15) is 17.4 Å². The van der Waals surface area contributed by atoms with Gasteiger partial charge in [0.15, 0.2) is 11.5 Å². The molecule has 1 heterocycles. The first-order valence-corrected chi connectivity index (χ1v) is 10.5. The van der Waals surface area contributed by atoms with Crippen molar-refractivity contribution in [3.8, 4) is 22.8 Å². The molecule has 0 aliphatic carbocycles. The molecule has 0 radical (unpaired) electrons. The van der Waals surface area contributed by atoms with Crippen LogP contribution in [0.5, 0.6) is 11.5 Å². The van der Waals surface area contributed by atoms with Crippen molar-refractivity contribution >= 4 is 16.9 Å². The van der Waals surface area contributed by atoms with Crippen molar-refractivity contribution in [2.24, 2.45) is 10.9 Å². The van der Waals surface area contributed by atoms with E-state index >= 15 is 0 Å². The van der Waals surface area contributed by atoms with Gasteiger partial charge in [0.25, 0.3) is 0 Å². The highest BCUT2D eigenvalue weighted by molar-refractivity contribution is 5.79. The Bertz CT molecular complexity index is 1150. The smallest absolute Gasteiger partial charge is 0.328 e. The Hall–Kier alpha value is -3.15. The van der Waals surface area contributed by atoms with E-state index in [1.807, 2.05) is 32.0 Å². The van der Waals surface area contributed by atoms with Crippen LogP contribution >= 0.6 is 0 Å². The van der Waals surface area contributed by atoms with E-state index in [1.54, 1.807) is 24.3 Å². The van der Waals surface area contributed by atoms with E-state index in [2.05, 4.69) is 4.99 Å². The van der Waals surface area contributed by atoms with Gasteiger partial charge >= 0.3 is 5.97 Å². The second-order valence-corrected chi connectivity index (χ2v) is 7.72. The summed E-state index contributed by atoms with van der Waals surface area (Å²) in [6.45, 7) is 3.65. The summed E-state index contributed by atoms with van der Waals surface area (Å²) in [6, 6.07) is 13.1. The summed E-state index contributed by atoms with van der Waals surface area (Å²) in [5.74, 6) is -0.283. The number of aliphatic carboxylic acids is 1. The highest BCUT2D eigenvalue weighted by Crippen LogP contribution is 2.32. The molecule has 0 amide bonds. The van der Waals surface area contributed by atoms with Crippen molar-refractivity contribution in [2.45, 2.75) is 19.9 Å². The lowest BCUT2D eigenvalue weighted by Crippen LogP contribution is -2.58. The average Bonchev–Trinajstić information content (AvgIpc) is 2.70. The highest BCUT2D eigenvalue weighted by atomic mass is 35.7. The first kappa shape index (κ1) is 25.1. The van der Waals surface area contributed by atoms with Crippen LogP contribution in [-0.4, -0.2) is 34.0 Å². The second kappa shape index (κ2) is 10.4. The average molecular weight is 468 g/mol. The monoisotopic (exact) mass is 467 g/mol. The molecule has 0 aliphatic rings. The Labute approximate surface area is 185 Å². The standard InChI is InChI=1S/C21H21NO5.ClHO4/c1-12(2)20(21(24)25)22-15-11-18(27-17-7-5-4-6-14(15)17)13-8-9-16(23)19(10-13)26-3;2-1(3,4)5/h4-12,20,23H,1-3H3,(H,24,25);(H,2,3,4,5). The Morgan fingerprint density at radius 2 is 1.75 bits per heavy atom.